The topological polar surface area (TPSA) is 122 Å². The minimum atomic E-state index is -5.20. The molecule has 0 saturated carbocycles. The number of benzene rings is 1. The number of nitrogens with zero attached hydrogens (tertiary/aromatic N) is 6. The molecule has 1 aliphatic rings. The van der Waals surface area contributed by atoms with E-state index in [9.17, 15) is 22.0 Å². The highest BCUT2D eigenvalue weighted by Gasteiger charge is 2.49. The van der Waals surface area contributed by atoms with Crippen LogP contribution in [0, 0.1) is 19.7 Å². The largest absolute Gasteiger partial charge is 0.467 e. The molecule has 0 aliphatic carbocycles. The van der Waals surface area contributed by atoms with Crippen molar-refractivity contribution >= 4 is 33.4 Å². The number of amidine groups is 1. The van der Waals surface area contributed by atoms with Crippen molar-refractivity contribution in [2.75, 3.05) is 25.2 Å². The molecule has 40 heavy (non-hydrogen) atoms. The summed E-state index contributed by atoms with van der Waals surface area (Å²) in [5.41, 5.74) is 3.03. The lowest BCUT2D eigenvalue weighted by molar-refractivity contribution is 0.0944. The van der Waals surface area contributed by atoms with Crippen LogP contribution in [0.25, 0.3) is 5.78 Å². The molecule has 1 N–H and O–H groups in total. The number of hydrogen-bond donors (Lipinski definition) is 1. The Hall–Kier alpha value is -4.14. The maximum atomic E-state index is 15.1. The fourth-order valence-corrected chi connectivity index (χ4v) is 5.24. The second-order valence-electron chi connectivity index (χ2n) is 8.96. The summed E-state index contributed by atoms with van der Waals surface area (Å²) in [6.45, 7) is 7.79. The quantitative estimate of drug-likeness (QED) is 0.407. The SMILES string of the molecule is C=CC(F)(F)S(=O)(=O)N1CCN(c2ccc(CNC(=O)c3c(CC)nc4nc(C)c(C)cn34)cc2F)N=C1OC. The number of nitrogens with one attached hydrogen (secondary N) is 1. The van der Waals surface area contributed by atoms with E-state index in [-0.39, 0.29) is 24.9 Å². The molecule has 1 aromatic carbocycles. The Morgan fingerprint density at radius 2 is 1.98 bits per heavy atom. The number of ether oxygens (including phenoxy) is 1. The number of methoxy groups -OCH3 is 1. The first-order valence-electron chi connectivity index (χ1n) is 12.2. The molecule has 3 heterocycles. The molecular formula is C25H28F3N7O4S. The summed E-state index contributed by atoms with van der Waals surface area (Å²) >= 11 is 0. The Kier molecular flexibility index (Phi) is 7.78. The molecule has 1 amide bonds. The van der Waals surface area contributed by atoms with E-state index in [1.54, 1.807) is 16.7 Å². The van der Waals surface area contributed by atoms with Gasteiger partial charge in [0.2, 0.25) is 5.78 Å². The van der Waals surface area contributed by atoms with Crippen molar-refractivity contribution in [3.05, 3.63) is 71.1 Å². The number of anilines is 1. The highest BCUT2D eigenvalue weighted by atomic mass is 32.2. The van der Waals surface area contributed by atoms with Crippen LogP contribution in [-0.4, -0.2) is 64.5 Å². The number of carbonyl (C=O) groups is 1. The number of amides is 1. The Morgan fingerprint density at radius 3 is 2.60 bits per heavy atom. The van der Waals surface area contributed by atoms with Crippen molar-refractivity contribution < 1.29 is 31.1 Å². The molecule has 0 unspecified atom stereocenters. The second-order valence-corrected chi connectivity index (χ2v) is 10.9. The Bertz CT molecular complexity index is 1620. The molecule has 0 radical (unpaired) electrons. The summed E-state index contributed by atoms with van der Waals surface area (Å²) in [6, 6.07) is 3.48. The van der Waals surface area contributed by atoms with Gasteiger partial charge in [0.25, 0.3) is 5.91 Å². The van der Waals surface area contributed by atoms with E-state index in [0.717, 1.165) is 23.4 Å². The molecule has 0 spiro atoms. The van der Waals surface area contributed by atoms with Crippen LogP contribution in [0.1, 0.15) is 39.9 Å². The van der Waals surface area contributed by atoms with Gasteiger partial charge in [-0.05, 0) is 49.6 Å². The fraction of sp³-hybridized carbons (Fsp3) is 0.360. The molecular weight excluding hydrogens is 551 g/mol. The van der Waals surface area contributed by atoms with E-state index in [1.807, 2.05) is 20.8 Å². The Balaban J connectivity index is 1.52. The summed E-state index contributed by atoms with van der Waals surface area (Å²) in [5.74, 6) is -0.711. The van der Waals surface area contributed by atoms with Crippen molar-refractivity contribution in [1.29, 1.82) is 0 Å². The number of rotatable bonds is 8. The summed E-state index contributed by atoms with van der Waals surface area (Å²) < 4.78 is 74.5. The molecule has 0 atom stereocenters. The maximum Gasteiger partial charge on any atom is 0.382 e. The number of halogens is 3. The summed E-state index contributed by atoms with van der Waals surface area (Å²) in [7, 11) is -4.14. The molecule has 2 aromatic heterocycles. The van der Waals surface area contributed by atoms with Crippen molar-refractivity contribution in [2.24, 2.45) is 5.10 Å². The van der Waals surface area contributed by atoms with Gasteiger partial charge in [0.15, 0.2) is 0 Å². The average molecular weight is 580 g/mol. The third-order valence-electron chi connectivity index (χ3n) is 6.41. The minimum absolute atomic E-state index is 0.0000602. The van der Waals surface area contributed by atoms with Gasteiger partial charge in [-0.15, -0.1) is 5.10 Å². The van der Waals surface area contributed by atoms with Gasteiger partial charge in [0.1, 0.15) is 11.5 Å². The first-order valence-corrected chi connectivity index (χ1v) is 13.6. The van der Waals surface area contributed by atoms with Crippen LogP contribution >= 0.6 is 0 Å². The molecule has 1 aliphatic heterocycles. The van der Waals surface area contributed by atoms with E-state index in [4.69, 9.17) is 4.74 Å². The Morgan fingerprint density at radius 1 is 1.25 bits per heavy atom. The number of hydrazone groups is 1. The number of carbonyl (C=O) groups excluding carboxylic acids is 1. The lowest BCUT2D eigenvalue weighted by Crippen LogP contribution is -2.52. The van der Waals surface area contributed by atoms with Gasteiger partial charge in [-0.2, -0.15) is 17.2 Å². The van der Waals surface area contributed by atoms with E-state index in [0.29, 0.717) is 33.5 Å². The predicted molar refractivity (Wildman–Crippen MR) is 142 cm³/mol. The predicted octanol–water partition coefficient (Wildman–Crippen LogP) is 3.13. The molecule has 3 aromatic rings. The Labute approximate surface area is 229 Å². The number of aromatic nitrogens is 3. The van der Waals surface area contributed by atoms with Crippen molar-refractivity contribution in [2.45, 2.75) is 39.0 Å². The number of alkyl halides is 2. The van der Waals surface area contributed by atoms with Gasteiger partial charge >= 0.3 is 21.3 Å². The standard InChI is InChI=1S/C25H28F3N7O4S/c1-6-19-21(33-14-15(3)16(4)30-23(33)31-19)22(36)29-13-17-8-9-20(18(26)12-17)34-10-11-35(24(32-34)39-5)40(37,38)25(27,28)7-2/h7-9,12,14H,2,6,10-11,13H2,1,3-5H3,(H,29,36). The fourth-order valence-electron chi connectivity index (χ4n) is 4.09. The van der Waals surface area contributed by atoms with Gasteiger partial charge in [-0.3, -0.25) is 14.2 Å². The normalized spacial score (nSPS) is 14.3. The second kappa shape index (κ2) is 10.8. The monoisotopic (exact) mass is 579 g/mol. The lowest BCUT2D eigenvalue weighted by Gasteiger charge is -2.33. The minimum Gasteiger partial charge on any atom is -0.467 e. The highest BCUT2D eigenvalue weighted by Crippen LogP contribution is 2.30. The summed E-state index contributed by atoms with van der Waals surface area (Å²) in [5, 5.41) is 3.55. The first kappa shape index (κ1) is 28.9. The third-order valence-corrected chi connectivity index (χ3v) is 8.18. The van der Waals surface area contributed by atoms with Crippen molar-refractivity contribution in [1.82, 2.24) is 24.0 Å². The van der Waals surface area contributed by atoms with Gasteiger partial charge in [-0.1, -0.05) is 19.6 Å². The van der Waals surface area contributed by atoms with Crippen LogP contribution in [0.5, 0.6) is 0 Å². The smallest absolute Gasteiger partial charge is 0.382 e. The van der Waals surface area contributed by atoms with Crippen LogP contribution < -0.4 is 10.3 Å². The van der Waals surface area contributed by atoms with Crippen molar-refractivity contribution in [3.63, 3.8) is 0 Å². The zero-order valence-corrected chi connectivity index (χ0v) is 23.1. The van der Waals surface area contributed by atoms with Gasteiger partial charge in [0, 0.05) is 18.4 Å². The highest BCUT2D eigenvalue weighted by molar-refractivity contribution is 7.90. The van der Waals surface area contributed by atoms with Gasteiger partial charge < -0.3 is 10.1 Å². The van der Waals surface area contributed by atoms with Crippen LogP contribution in [-0.2, 0) is 27.7 Å². The molecule has 0 saturated heterocycles. The van der Waals surface area contributed by atoms with E-state index < -0.39 is 39.6 Å². The number of hydrogen-bond acceptors (Lipinski definition) is 8. The average Bonchev–Trinajstić information content (AvgIpc) is 3.28. The summed E-state index contributed by atoms with van der Waals surface area (Å²) in [6.07, 6.45) is 2.32. The molecule has 0 fully saturated rings. The van der Waals surface area contributed by atoms with Crippen LogP contribution in [0.15, 0.2) is 42.2 Å². The van der Waals surface area contributed by atoms with Crippen molar-refractivity contribution in [3.8, 4) is 0 Å². The van der Waals surface area contributed by atoms with Crippen LogP contribution in [0.4, 0.5) is 18.9 Å². The molecule has 0 bridgehead atoms. The summed E-state index contributed by atoms with van der Waals surface area (Å²) in [4.78, 5) is 22.0. The zero-order valence-electron chi connectivity index (χ0n) is 22.3. The van der Waals surface area contributed by atoms with E-state index in [1.165, 1.54) is 12.1 Å². The van der Waals surface area contributed by atoms with Gasteiger partial charge in [0.05, 0.1) is 31.6 Å². The number of sulfonamides is 1. The van der Waals surface area contributed by atoms with Crippen LogP contribution in [0.3, 0.4) is 0 Å². The number of aryl methyl sites for hydroxylation is 3. The zero-order chi connectivity index (χ0) is 29.4. The lowest BCUT2D eigenvalue weighted by atomic mass is 10.1. The van der Waals surface area contributed by atoms with E-state index >= 15 is 4.39 Å². The number of fused-ring (bicyclic) bond motifs is 1. The first-order chi connectivity index (χ1) is 18.8. The third kappa shape index (κ3) is 5.08. The number of imidazole rings is 1. The van der Waals surface area contributed by atoms with Gasteiger partial charge in [-0.25, -0.2) is 18.7 Å². The molecule has 4 rings (SSSR count). The maximum absolute atomic E-state index is 15.1. The molecule has 214 valence electrons. The molecule has 15 heteroatoms. The molecule has 11 nitrogen and oxygen atoms in total. The van der Waals surface area contributed by atoms with E-state index in [2.05, 4.69) is 27.0 Å². The van der Waals surface area contributed by atoms with Crippen LogP contribution in [0.2, 0.25) is 0 Å².